The molecule has 1 atom stereocenters. The number of fused-ring (bicyclic) bond motifs is 1. The fourth-order valence-corrected chi connectivity index (χ4v) is 3.48. The smallest absolute Gasteiger partial charge is 0.166 e. The molecule has 1 aliphatic rings. The number of ether oxygens (including phenoxy) is 1. The Balaban J connectivity index is 1.76. The number of rotatable bonds is 4. The highest BCUT2D eigenvalue weighted by Gasteiger charge is 2.16. The van der Waals surface area contributed by atoms with E-state index in [0.29, 0.717) is 11.9 Å². The molecule has 102 valence electrons. The molecule has 0 bridgehead atoms. The zero-order valence-corrected chi connectivity index (χ0v) is 11.9. The first kappa shape index (κ1) is 12.8. The molecule has 1 aromatic carbocycles. The monoisotopic (exact) mass is 277 g/mol. The highest BCUT2D eigenvalue weighted by atomic mass is 32.2. The van der Waals surface area contributed by atoms with E-state index in [1.165, 1.54) is 12.8 Å². The van der Waals surface area contributed by atoms with Crippen molar-refractivity contribution in [2.24, 2.45) is 0 Å². The van der Waals surface area contributed by atoms with Crippen LogP contribution in [-0.4, -0.2) is 34.9 Å². The van der Waals surface area contributed by atoms with Crippen molar-refractivity contribution < 1.29 is 4.74 Å². The van der Waals surface area contributed by atoms with Gasteiger partial charge in [0, 0.05) is 17.9 Å². The number of hydrogen-bond acceptors (Lipinski definition) is 4. The third kappa shape index (κ3) is 3.04. The molecule has 1 unspecified atom stereocenters. The molecule has 4 nitrogen and oxygen atoms in total. The van der Waals surface area contributed by atoms with Gasteiger partial charge in [0.1, 0.15) is 5.75 Å². The Bertz CT molecular complexity index is 549. The predicted octanol–water partition coefficient (Wildman–Crippen LogP) is 2.81. The summed E-state index contributed by atoms with van der Waals surface area (Å²) in [6, 6.07) is 6.01. The van der Waals surface area contributed by atoms with Gasteiger partial charge in [0.2, 0.25) is 0 Å². The van der Waals surface area contributed by atoms with Crippen LogP contribution in [0.3, 0.4) is 0 Å². The molecular formula is C14H19N3OS. The maximum absolute atomic E-state index is 5.51. The zero-order valence-electron chi connectivity index (χ0n) is 11.1. The van der Waals surface area contributed by atoms with Crippen LogP contribution in [0, 0.1) is 0 Å². The lowest BCUT2D eigenvalue weighted by Gasteiger charge is -2.20. The number of benzene rings is 1. The molecule has 0 amide bonds. The van der Waals surface area contributed by atoms with Crippen molar-refractivity contribution in [3.63, 3.8) is 0 Å². The summed E-state index contributed by atoms with van der Waals surface area (Å²) in [6.07, 6.45) is 2.52. The van der Waals surface area contributed by atoms with E-state index in [-0.39, 0.29) is 0 Å². The summed E-state index contributed by atoms with van der Waals surface area (Å²) < 4.78 is 5.51. The van der Waals surface area contributed by atoms with E-state index in [1.54, 1.807) is 0 Å². The second-order valence-corrected chi connectivity index (χ2v) is 6.03. The molecule has 1 aromatic heterocycles. The summed E-state index contributed by atoms with van der Waals surface area (Å²) in [5.41, 5.74) is 2.06. The van der Waals surface area contributed by atoms with Crippen molar-refractivity contribution in [3.8, 4) is 5.75 Å². The standard InChI is InChI=1S/C14H19N3OS/c1-2-18-10-5-6-12-13(8-10)17-14(16-12)19-11-4-3-7-15-9-11/h5-6,8,11,15H,2-4,7,9H2,1H3,(H,16,17). The van der Waals surface area contributed by atoms with Crippen LogP contribution >= 0.6 is 11.8 Å². The number of thioether (sulfide) groups is 1. The number of hydrogen-bond donors (Lipinski definition) is 2. The Kier molecular flexibility index (Phi) is 3.94. The van der Waals surface area contributed by atoms with E-state index < -0.39 is 0 Å². The van der Waals surface area contributed by atoms with Gasteiger partial charge in [-0.15, -0.1) is 0 Å². The third-order valence-electron chi connectivity index (χ3n) is 3.27. The van der Waals surface area contributed by atoms with E-state index in [0.717, 1.165) is 35.0 Å². The van der Waals surface area contributed by atoms with Crippen molar-refractivity contribution in [2.75, 3.05) is 19.7 Å². The minimum atomic E-state index is 0.626. The minimum Gasteiger partial charge on any atom is -0.494 e. The molecule has 2 N–H and O–H groups in total. The molecule has 0 saturated carbocycles. The fourth-order valence-electron chi connectivity index (χ4n) is 2.36. The van der Waals surface area contributed by atoms with Gasteiger partial charge in [-0.25, -0.2) is 4.98 Å². The van der Waals surface area contributed by atoms with E-state index in [2.05, 4.69) is 15.3 Å². The molecular weight excluding hydrogens is 258 g/mol. The Hall–Kier alpha value is -1.20. The Morgan fingerprint density at radius 1 is 1.47 bits per heavy atom. The molecule has 1 saturated heterocycles. The number of piperidine rings is 1. The maximum atomic E-state index is 5.51. The molecule has 5 heteroatoms. The average molecular weight is 277 g/mol. The van der Waals surface area contributed by atoms with Crippen LogP contribution in [0.2, 0.25) is 0 Å². The third-order valence-corrected chi connectivity index (χ3v) is 4.42. The molecule has 2 heterocycles. The summed E-state index contributed by atoms with van der Waals surface area (Å²) in [6.45, 7) is 4.91. The number of imidazole rings is 1. The molecule has 0 spiro atoms. The first-order valence-corrected chi connectivity index (χ1v) is 7.73. The molecule has 1 aliphatic heterocycles. The van der Waals surface area contributed by atoms with Gasteiger partial charge >= 0.3 is 0 Å². The second-order valence-electron chi connectivity index (χ2n) is 4.74. The van der Waals surface area contributed by atoms with Gasteiger partial charge in [0.25, 0.3) is 0 Å². The van der Waals surface area contributed by atoms with Crippen molar-refractivity contribution in [1.29, 1.82) is 0 Å². The quantitative estimate of drug-likeness (QED) is 0.902. The molecule has 19 heavy (non-hydrogen) atoms. The Labute approximate surface area is 117 Å². The van der Waals surface area contributed by atoms with E-state index in [9.17, 15) is 0 Å². The van der Waals surface area contributed by atoms with Gasteiger partial charge < -0.3 is 15.0 Å². The first-order valence-electron chi connectivity index (χ1n) is 6.85. The van der Waals surface area contributed by atoms with Gasteiger partial charge in [-0.1, -0.05) is 11.8 Å². The van der Waals surface area contributed by atoms with E-state index >= 15 is 0 Å². The van der Waals surface area contributed by atoms with Crippen LogP contribution in [0.1, 0.15) is 19.8 Å². The van der Waals surface area contributed by atoms with Gasteiger partial charge in [-0.05, 0) is 38.4 Å². The fraction of sp³-hybridized carbons (Fsp3) is 0.500. The molecule has 0 aliphatic carbocycles. The highest BCUT2D eigenvalue weighted by Crippen LogP contribution is 2.28. The van der Waals surface area contributed by atoms with E-state index in [1.807, 2.05) is 36.9 Å². The van der Waals surface area contributed by atoms with Crippen LogP contribution in [0.15, 0.2) is 23.4 Å². The number of H-pyrrole nitrogens is 1. The summed E-state index contributed by atoms with van der Waals surface area (Å²) in [4.78, 5) is 8.02. The van der Waals surface area contributed by atoms with Crippen molar-refractivity contribution in [2.45, 2.75) is 30.2 Å². The Morgan fingerprint density at radius 2 is 2.42 bits per heavy atom. The van der Waals surface area contributed by atoms with Crippen molar-refractivity contribution in [1.82, 2.24) is 15.3 Å². The second kappa shape index (κ2) is 5.84. The van der Waals surface area contributed by atoms with Crippen LogP contribution in [0.25, 0.3) is 11.0 Å². The normalized spacial score (nSPS) is 19.7. The minimum absolute atomic E-state index is 0.626. The number of aromatic amines is 1. The Morgan fingerprint density at radius 3 is 3.21 bits per heavy atom. The lowest BCUT2D eigenvalue weighted by Crippen LogP contribution is -2.31. The lowest BCUT2D eigenvalue weighted by atomic mass is 10.2. The topological polar surface area (TPSA) is 49.9 Å². The van der Waals surface area contributed by atoms with Crippen LogP contribution in [-0.2, 0) is 0 Å². The molecule has 2 aromatic rings. The first-order chi connectivity index (χ1) is 9.35. The van der Waals surface area contributed by atoms with Crippen molar-refractivity contribution in [3.05, 3.63) is 18.2 Å². The molecule has 0 radical (unpaired) electrons. The summed E-state index contributed by atoms with van der Waals surface area (Å²) in [5, 5.41) is 5.07. The average Bonchev–Trinajstić information content (AvgIpc) is 2.82. The van der Waals surface area contributed by atoms with Crippen LogP contribution in [0.4, 0.5) is 0 Å². The number of nitrogens with one attached hydrogen (secondary N) is 2. The van der Waals surface area contributed by atoms with Crippen LogP contribution < -0.4 is 10.1 Å². The zero-order chi connectivity index (χ0) is 13.1. The summed E-state index contributed by atoms with van der Waals surface area (Å²) in [5.74, 6) is 0.898. The van der Waals surface area contributed by atoms with Gasteiger partial charge in [0.05, 0.1) is 17.6 Å². The molecule has 1 fully saturated rings. The summed E-state index contributed by atoms with van der Waals surface area (Å²) >= 11 is 1.84. The highest BCUT2D eigenvalue weighted by molar-refractivity contribution is 7.99. The lowest BCUT2D eigenvalue weighted by molar-refractivity contribution is 0.340. The maximum Gasteiger partial charge on any atom is 0.166 e. The molecule has 3 rings (SSSR count). The van der Waals surface area contributed by atoms with Gasteiger partial charge in [-0.2, -0.15) is 0 Å². The number of nitrogens with zero attached hydrogens (tertiary/aromatic N) is 1. The van der Waals surface area contributed by atoms with Crippen LogP contribution in [0.5, 0.6) is 5.75 Å². The SMILES string of the molecule is CCOc1ccc2nc(SC3CCCNC3)[nH]c2c1. The van der Waals surface area contributed by atoms with E-state index in [4.69, 9.17) is 4.74 Å². The number of aromatic nitrogens is 2. The largest absolute Gasteiger partial charge is 0.494 e. The van der Waals surface area contributed by atoms with Gasteiger partial charge in [0.15, 0.2) is 5.16 Å². The summed E-state index contributed by atoms with van der Waals surface area (Å²) in [7, 11) is 0. The van der Waals surface area contributed by atoms with Crippen molar-refractivity contribution >= 4 is 22.8 Å². The predicted molar refractivity (Wildman–Crippen MR) is 79.0 cm³/mol. The van der Waals surface area contributed by atoms with Gasteiger partial charge in [-0.3, -0.25) is 0 Å².